The second-order valence-electron chi connectivity index (χ2n) is 6.46. The summed E-state index contributed by atoms with van der Waals surface area (Å²) in [5.41, 5.74) is 0.00885. The van der Waals surface area contributed by atoms with Crippen molar-refractivity contribution >= 4 is 17.8 Å². The van der Waals surface area contributed by atoms with E-state index in [0.717, 1.165) is 25.7 Å². The average molecular weight is 266 g/mol. The summed E-state index contributed by atoms with van der Waals surface area (Å²) in [7, 11) is 0. The Balaban J connectivity index is 2.16. The van der Waals surface area contributed by atoms with E-state index in [9.17, 15) is 14.4 Å². The molecule has 1 saturated heterocycles. The van der Waals surface area contributed by atoms with E-state index in [1.54, 1.807) is 0 Å². The van der Waals surface area contributed by atoms with E-state index in [1.807, 2.05) is 13.8 Å². The molecule has 1 aliphatic carbocycles. The van der Waals surface area contributed by atoms with Crippen LogP contribution in [0.1, 0.15) is 46.5 Å². The fraction of sp³-hybridized carbons (Fsp3) is 0.786. The zero-order chi connectivity index (χ0) is 14.2. The van der Waals surface area contributed by atoms with Gasteiger partial charge in [0.2, 0.25) is 11.8 Å². The number of barbiturate groups is 1. The van der Waals surface area contributed by atoms with Gasteiger partial charge in [0.1, 0.15) is 5.92 Å². The maximum atomic E-state index is 12.4. The van der Waals surface area contributed by atoms with Crippen LogP contribution < -0.4 is 5.32 Å². The van der Waals surface area contributed by atoms with Crippen molar-refractivity contribution in [3.05, 3.63) is 0 Å². The molecule has 5 nitrogen and oxygen atoms in total. The van der Waals surface area contributed by atoms with Crippen LogP contribution in [-0.4, -0.2) is 29.3 Å². The molecule has 1 atom stereocenters. The fourth-order valence-corrected chi connectivity index (χ4v) is 3.14. The molecule has 2 aliphatic rings. The van der Waals surface area contributed by atoms with Gasteiger partial charge in [0, 0.05) is 6.54 Å². The summed E-state index contributed by atoms with van der Waals surface area (Å²) in [6.45, 7) is 6.19. The van der Waals surface area contributed by atoms with Gasteiger partial charge in [-0.15, -0.1) is 0 Å². The first-order chi connectivity index (χ1) is 8.84. The van der Waals surface area contributed by atoms with Gasteiger partial charge < -0.3 is 0 Å². The van der Waals surface area contributed by atoms with Gasteiger partial charge in [-0.1, -0.05) is 33.6 Å². The molecule has 0 aromatic rings. The van der Waals surface area contributed by atoms with Gasteiger partial charge in [-0.2, -0.15) is 0 Å². The normalized spacial score (nSPS) is 27.1. The predicted molar refractivity (Wildman–Crippen MR) is 70.2 cm³/mol. The van der Waals surface area contributed by atoms with Crippen molar-refractivity contribution in [3.63, 3.8) is 0 Å². The molecule has 1 heterocycles. The van der Waals surface area contributed by atoms with Gasteiger partial charge in [-0.25, -0.2) is 4.79 Å². The molecule has 1 aliphatic heterocycles. The summed E-state index contributed by atoms with van der Waals surface area (Å²) < 4.78 is 0. The number of nitrogens with one attached hydrogen (secondary N) is 1. The van der Waals surface area contributed by atoms with Gasteiger partial charge in [0.25, 0.3) is 0 Å². The van der Waals surface area contributed by atoms with E-state index in [0.29, 0.717) is 6.54 Å². The van der Waals surface area contributed by atoms with Crippen molar-refractivity contribution in [2.75, 3.05) is 6.54 Å². The van der Waals surface area contributed by atoms with Crippen LogP contribution in [0.25, 0.3) is 0 Å². The highest BCUT2D eigenvalue weighted by molar-refractivity contribution is 6.16. The number of hydrogen-bond donors (Lipinski definition) is 1. The minimum Gasteiger partial charge on any atom is -0.277 e. The SMILES string of the molecule is CC(C)C1C(=O)NC(=O)N(CC2(C)CCCC2)C1=O. The minimum atomic E-state index is -0.734. The van der Waals surface area contributed by atoms with Crippen LogP contribution in [0.15, 0.2) is 0 Å². The van der Waals surface area contributed by atoms with Crippen LogP contribution in [0.3, 0.4) is 0 Å². The Hall–Kier alpha value is -1.39. The first-order valence-corrected chi connectivity index (χ1v) is 7.00. The monoisotopic (exact) mass is 266 g/mol. The van der Waals surface area contributed by atoms with Gasteiger partial charge in [-0.05, 0) is 24.2 Å². The van der Waals surface area contributed by atoms with Crippen molar-refractivity contribution < 1.29 is 14.4 Å². The van der Waals surface area contributed by atoms with Crippen LogP contribution in [0.2, 0.25) is 0 Å². The number of amides is 4. The summed E-state index contributed by atoms with van der Waals surface area (Å²) in [5, 5.41) is 2.31. The zero-order valence-corrected chi connectivity index (χ0v) is 11.9. The Kier molecular flexibility index (Phi) is 3.65. The lowest BCUT2D eigenvalue weighted by Gasteiger charge is -2.36. The van der Waals surface area contributed by atoms with Crippen LogP contribution in [0, 0.1) is 17.3 Å². The molecule has 0 bridgehead atoms. The maximum Gasteiger partial charge on any atom is 0.330 e. The Morgan fingerprint density at radius 1 is 1.26 bits per heavy atom. The second-order valence-corrected chi connectivity index (χ2v) is 6.46. The maximum absolute atomic E-state index is 12.4. The summed E-state index contributed by atoms with van der Waals surface area (Å²) in [4.78, 5) is 37.2. The highest BCUT2D eigenvalue weighted by atomic mass is 16.2. The molecule has 5 heteroatoms. The Bertz CT molecular complexity index is 411. The van der Waals surface area contributed by atoms with Crippen molar-refractivity contribution in [2.45, 2.75) is 46.5 Å². The molecule has 1 unspecified atom stereocenters. The van der Waals surface area contributed by atoms with Gasteiger partial charge >= 0.3 is 6.03 Å². The fourth-order valence-electron chi connectivity index (χ4n) is 3.14. The number of imide groups is 2. The molecule has 0 aromatic carbocycles. The summed E-state index contributed by atoms with van der Waals surface area (Å²) >= 11 is 0. The molecule has 1 saturated carbocycles. The first kappa shape index (κ1) is 14.0. The molecule has 2 rings (SSSR count). The second kappa shape index (κ2) is 4.94. The molecule has 2 fully saturated rings. The van der Waals surface area contributed by atoms with E-state index in [1.165, 1.54) is 4.90 Å². The van der Waals surface area contributed by atoms with Crippen molar-refractivity contribution in [3.8, 4) is 0 Å². The number of carbonyl (C=O) groups excluding carboxylic acids is 3. The summed E-state index contributed by atoms with van der Waals surface area (Å²) in [5.74, 6) is -1.63. The van der Waals surface area contributed by atoms with E-state index >= 15 is 0 Å². The standard InChI is InChI=1S/C14H22N2O3/c1-9(2)10-11(17)15-13(19)16(12(10)18)8-14(3)6-4-5-7-14/h9-10H,4-8H2,1-3H3,(H,15,17,19). The van der Waals surface area contributed by atoms with E-state index < -0.39 is 17.9 Å². The lowest BCUT2D eigenvalue weighted by atomic mass is 9.86. The van der Waals surface area contributed by atoms with Gasteiger partial charge in [0.05, 0.1) is 0 Å². The molecule has 0 spiro atoms. The molecule has 106 valence electrons. The third-order valence-corrected chi connectivity index (χ3v) is 4.31. The predicted octanol–water partition coefficient (Wildman–Crippen LogP) is 1.92. The number of rotatable bonds is 3. The molecule has 19 heavy (non-hydrogen) atoms. The number of hydrogen-bond acceptors (Lipinski definition) is 3. The Labute approximate surface area is 113 Å². The van der Waals surface area contributed by atoms with Crippen LogP contribution >= 0.6 is 0 Å². The van der Waals surface area contributed by atoms with Crippen molar-refractivity contribution in [1.82, 2.24) is 10.2 Å². The lowest BCUT2D eigenvalue weighted by Crippen LogP contribution is -2.60. The van der Waals surface area contributed by atoms with E-state index in [4.69, 9.17) is 0 Å². The average Bonchev–Trinajstić information content (AvgIpc) is 2.71. The number of nitrogens with zero attached hydrogens (tertiary/aromatic N) is 1. The van der Waals surface area contributed by atoms with E-state index in [2.05, 4.69) is 12.2 Å². The first-order valence-electron chi connectivity index (χ1n) is 7.00. The van der Waals surface area contributed by atoms with Crippen LogP contribution in [0.4, 0.5) is 4.79 Å². The van der Waals surface area contributed by atoms with Crippen LogP contribution in [-0.2, 0) is 9.59 Å². The zero-order valence-electron chi connectivity index (χ0n) is 11.9. The molecule has 4 amide bonds. The Morgan fingerprint density at radius 3 is 2.37 bits per heavy atom. The van der Waals surface area contributed by atoms with Crippen molar-refractivity contribution in [2.24, 2.45) is 17.3 Å². The van der Waals surface area contributed by atoms with Crippen molar-refractivity contribution in [1.29, 1.82) is 0 Å². The molecule has 0 aromatic heterocycles. The third kappa shape index (κ3) is 2.65. The highest BCUT2D eigenvalue weighted by Crippen LogP contribution is 2.38. The largest absolute Gasteiger partial charge is 0.330 e. The van der Waals surface area contributed by atoms with E-state index in [-0.39, 0.29) is 17.2 Å². The third-order valence-electron chi connectivity index (χ3n) is 4.31. The molecular weight excluding hydrogens is 244 g/mol. The highest BCUT2D eigenvalue weighted by Gasteiger charge is 2.44. The summed E-state index contributed by atoms with van der Waals surface area (Å²) in [6, 6.07) is -0.556. The number of urea groups is 1. The Morgan fingerprint density at radius 2 is 1.84 bits per heavy atom. The lowest BCUT2D eigenvalue weighted by molar-refractivity contribution is -0.145. The van der Waals surface area contributed by atoms with Crippen LogP contribution in [0.5, 0.6) is 0 Å². The topological polar surface area (TPSA) is 66.5 Å². The molecule has 1 N–H and O–H groups in total. The smallest absolute Gasteiger partial charge is 0.277 e. The molecular formula is C14H22N2O3. The quantitative estimate of drug-likeness (QED) is 0.794. The van der Waals surface area contributed by atoms with Gasteiger partial charge in [-0.3, -0.25) is 19.8 Å². The summed E-state index contributed by atoms with van der Waals surface area (Å²) in [6.07, 6.45) is 4.36. The number of carbonyl (C=O) groups is 3. The molecule has 0 radical (unpaired) electrons. The minimum absolute atomic E-state index is 0.00885. The van der Waals surface area contributed by atoms with Gasteiger partial charge in [0.15, 0.2) is 0 Å².